The lowest BCUT2D eigenvalue weighted by molar-refractivity contribution is 0.648. The van der Waals surface area contributed by atoms with Gasteiger partial charge in [0.15, 0.2) is 0 Å². The van der Waals surface area contributed by atoms with E-state index in [9.17, 15) is 4.79 Å². The monoisotopic (exact) mass is 284 g/mol. The second kappa shape index (κ2) is 5.61. The molecule has 0 bridgehead atoms. The van der Waals surface area contributed by atoms with E-state index in [-0.39, 0.29) is 4.87 Å². The molecule has 2 aromatic carbocycles. The highest BCUT2D eigenvalue weighted by Crippen LogP contribution is 2.25. The van der Waals surface area contributed by atoms with Crippen molar-refractivity contribution >= 4 is 22.1 Å². The third kappa shape index (κ3) is 2.40. The van der Waals surface area contributed by atoms with Gasteiger partial charge in [-0.2, -0.15) is 0 Å². The van der Waals surface area contributed by atoms with Crippen molar-refractivity contribution in [3.8, 4) is 11.3 Å². The number of hydrogen-bond acceptors (Lipinski definition) is 3. The number of rotatable bonds is 4. The third-order valence-electron chi connectivity index (χ3n) is 3.41. The summed E-state index contributed by atoms with van der Waals surface area (Å²) in [7, 11) is 0. The quantitative estimate of drug-likeness (QED) is 0.800. The van der Waals surface area contributed by atoms with Crippen LogP contribution in [0.25, 0.3) is 22.0 Å². The van der Waals surface area contributed by atoms with Gasteiger partial charge < -0.3 is 5.73 Å². The Morgan fingerprint density at radius 2 is 1.90 bits per heavy atom. The number of aromatic nitrogens is 1. The van der Waals surface area contributed by atoms with Crippen molar-refractivity contribution in [2.24, 2.45) is 5.73 Å². The van der Waals surface area contributed by atoms with Crippen molar-refractivity contribution in [3.63, 3.8) is 0 Å². The maximum Gasteiger partial charge on any atom is 0.307 e. The zero-order chi connectivity index (χ0) is 13.9. The normalized spacial score (nSPS) is 11.1. The largest absolute Gasteiger partial charge is 0.330 e. The standard InChI is InChI=1S/C16H16N2OS/c17-8-3-9-18-15(11-20-16(18)19)14-7-6-12-4-1-2-5-13(12)10-14/h1-2,4-7,10-11H,3,8-9,17H2. The highest BCUT2D eigenvalue weighted by molar-refractivity contribution is 7.07. The zero-order valence-corrected chi connectivity index (χ0v) is 11.9. The lowest BCUT2D eigenvalue weighted by Crippen LogP contribution is -2.16. The van der Waals surface area contributed by atoms with E-state index >= 15 is 0 Å². The number of thiazole rings is 1. The Hall–Kier alpha value is -1.91. The van der Waals surface area contributed by atoms with E-state index in [1.54, 1.807) is 0 Å². The molecule has 0 aliphatic heterocycles. The Labute approximate surface area is 121 Å². The number of benzene rings is 2. The van der Waals surface area contributed by atoms with Crippen LogP contribution in [0.3, 0.4) is 0 Å². The van der Waals surface area contributed by atoms with E-state index < -0.39 is 0 Å². The minimum Gasteiger partial charge on any atom is -0.330 e. The molecule has 0 aliphatic carbocycles. The molecule has 0 saturated heterocycles. The number of hydrogen-bond donors (Lipinski definition) is 1. The van der Waals surface area contributed by atoms with Gasteiger partial charge in [-0.05, 0) is 35.4 Å². The molecule has 1 heterocycles. The van der Waals surface area contributed by atoms with Gasteiger partial charge in [-0.15, -0.1) is 0 Å². The molecule has 3 nitrogen and oxygen atoms in total. The van der Waals surface area contributed by atoms with Gasteiger partial charge in [0.2, 0.25) is 0 Å². The fourth-order valence-electron chi connectivity index (χ4n) is 2.37. The molecule has 0 fully saturated rings. The Balaban J connectivity index is 2.08. The molecule has 20 heavy (non-hydrogen) atoms. The Morgan fingerprint density at radius 1 is 1.10 bits per heavy atom. The summed E-state index contributed by atoms with van der Waals surface area (Å²) in [4.78, 5) is 12.0. The van der Waals surface area contributed by atoms with E-state index in [4.69, 9.17) is 5.73 Å². The van der Waals surface area contributed by atoms with Crippen molar-refractivity contribution in [1.29, 1.82) is 0 Å². The molecular formula is C16H16N2OS. The topological polar surface area (TPSA) is 48.0 Å². The average Bonchev–Trinajstić information content (AvgIpc) is 2.85. The van der Waals surface area contributed by atoms with Crippen molar-refractivity contribution in [2.45, 2.75) is 13.0 Å². The molecule has 0 unspecified atom stereocenters. The van der Waals surface area contributed by atoms with Crippen molar-refractivity contribution < 1.29 is 0 Å². The van der Waals surface area contributed by atoms with Gasteiger partial charge in [0, 0.05) is 11.9 Å². The lowest BCUT2D eigenvalue weighted by Gasteiger charge is -2.08. The van der Waals surface area contributed by atoms with Crippen LogP contribution in [0, 0.1) is 0 Å². The minimum absolute atomic E-state index is 0.0848. The summed E-state index contributed by atoms with van der Waals surface area (Å²) in [6, 6.07) is 14.5. The summed E-state index contributed by atoms with van der Waals surface area (Å²) in [6.45, 7) is 1.28. The summed E-state index contributed by atoms with van der Waals surface area (Å²) in [6.07, 6.45) is 0.817. The molecule has 0 spiro atoms. The molecule has 3 rings (SSSR count). The van der Waals surface area contributed by atoms with Gasteiger partial charge in [0.05, 0.1) is 5.69 Å². The number of fused-ring (bicyclic) bond motifs is 1. The predicted octanol–water partition coefficient (Wildman–Crippen LogP) is 3.08. The van der Waals surface area contributed by atoms with Crippen LogP contribution in [0.5, 0.6) is 0 Å². The van der Waals surface area contributed by atoms with Gasteiger partial charge >= 0.3 is 4.87 Å². The molecule has 3 aromatic rings. The lowest BCUT2D eigenvalue weighted by atomic mass is 10.1. The van der Waals surface area contributed by atoms with Crippen LogP contribution >= 0.6 is 11.3 Å². The fraction of sp³-hybridized carbons (Fsp3) is 0.188. The van der Waals surface area contributed by atoms with Crippen LogP contribution in [-0.4, -0.2) is 11.1 Å². The first-order chi connectivity index (χ1) is 9.79. The van der Waals surface area contributed by atoms with Crippen LogP contribution < -0.4 is 10.6 Å². The second-order valence-electron chi connectivity index (χ2n) is 4.74. The summed E-state index contributed by atoms with van der Waals surface area (Å²) in [5.41, 5.74) is 7.61. The summed E-state index contributed by atoms with van der Waals surface area (Å²) in [5.74, 6) is 0. The van der Waals surface area contributed by atoms with Gasteiger partial charge in [0.25, 0.3) is 0 Å². The minimum atomic E-state index is 0.0848. The molecule has 0 atom stereocenters. The number of nitrogens with two attached hydrogens (primary N) is 1. The van der Waals surface area contributed by atoms with E-state index in [0.29, 0.717) is 13.1 Å². The third-order valence-corrected chi connectivity index (χ3v) is 4.18. The number of nitrogens with zero attached hydrogens (tertiary/aromatic N) is 1. The van der Waals surface area contributed by atoms with Crippen LogP contribution in [0.2, 0.25) is 0 Å². The van der Waals surface area contributed by atoms with Crippen LogP contribution in [-0.2, 0) is 6.54 Å². The van der Waals surface area contributed by atoms with Gasteiger partial charge in [-0.1, -0.05) is 47.7 Å². The van der Waals surface area contributed by atoms with E-state index in [1.165, 1.54) is 22.1 Å². The van der Waals surface area contributed by atoms with E-state index in [0.717, 1.165) is 17.7 Å². The Morgan fingerprint density at radius 3 is 2.70 bits per heavy atom. The van der Waals surface area contributed by atoms with E-state index in [2.05, 4.69) is 30.3 Å². The summed E-state index contributed by atoms with van der Waals surface area (Å²) >= 11 is 1.25. The molecule has 0 amide bonds. The van der Waals surface area contributed by atoms with E-state index in [1.807, 2.05) is 22.1 Å². The van der Waals surface area contributed by atoms with Gasteiger partial charge in [0.1, 0.15) is 0 Å². The smallest absolute Gasteiger partial charge is 0.307 e. The first kappa shape index (κ1) is 13.1. The summed E-state index contributed by atoms with van der Waals surface area (Å²) in [5, 5.41) is 4.33. The second-order valence-corrected chi connectivity index (χ2v) is 5.56. The molecule has 0 aliphatic rings. The molecule has 1 aromatic heterocycles. The molecule has 102 valence electrons. The van der Waals surface area contributed by atoms with Crippen molar-refractivity contribution in [3.05, 3.63) is 57.5 Å². The van der Waals surface area contributed by atoms with Gasteiger partial charge in [-0.3, -0.25) is 9.36 Å². The fourth-order valence-corrected chi connectivity index (χ4v) is 3.16. The Kier molecular flexibility index (Phi) is 3.67. The maximum absolute atomic E-state index is 11.9. The van der Waals surface area contributed by atoms with Crippen LogP contribution in [0.1, 0.15) is 6.42 Å². The first-order valence-corrected chi connectivity index (χ1v) is 7.55. The Bertz CT molecular complexity index is 788. The predicted molar refractivity (Wildman–Crippen MR) is 85.2 cm³/mol. The average molecular weight is 284 g/mol. The molecule has 0 radical (unpaired) electrons. The van der Waals surface area contributed by atoms with Crippen LogP contribution in [0.4, 0.5) is 0 Å². The summed E-state index contributed by atoms with van der Waals surface area (Å²) < 4.78 is 1.82. The van der Waals surface area contributed by atoms with Crippen molar-refractivity contribution in [2.75, 3.05) is 6.54 Å². The SMILES string of the molecule is NCCCn1c(-c2ccc3ccccc3c2)csc1=O. The maximum atomic E-state index is 11.9. The molecule has 0 saturated carbocycles. The molecule has 4 heteroatoms. The molecule has 2 N–H and O–H groups in total. The zero-order valence-electron chi connectivity index (χ0n) is 11.1. The van der Waals surface area contributed by atoms with Crippen molar-refractivity contribution in [1.82, 2.24) is 4.57 Å². The highest BCUT2D eigenvalue weighted by atomic mass is 32.1. The van der Waals surface area contributed by atoms with Crippen LogP contribution in [0.15, 0.2) is 52.6 Å². The highest BCUT2D eigenvalue weighted by Gasteiger charge is 2.09. The first-order valence-electron chi connectivity index (χ1n) is 6.67. The van der Waals surface area contributed by atoms with Gasteiger partial charge in [-0.25, -0.2) is 0 Å². The molecular weight excluding hydrogens is 268 g/mol.